The smallest absolute Gasteiger partial charge is 0.255 e. The van der Waals surface area contributed by atoms with Gasteiger partial charge in [0, 0.05) is 17.8 Å². The monoisotopic (exact) mass is 306 g/mol. The molecule has 0 unspecified atom stereocenters. The molecule has 0 bridgehead atoms. The predicted molar refractivity (Wildman–Crippen MR) is 89.1 cm³/mol. The summed E-state index contributed by atoms with van der Waals surface area (Å²) < 4.78 is 0. The molecule has 1 amide bonds. The molecule has 114 valence electrons. The first-order valence-corrected chi connectivity index (χ1v) is 7.89. The minimum absolute atomic E-state index is 0.0381. The lowest BCUT2D eigenvalue weighted by molar-refractivity contribution is 0.0959. The Labute approximate surface area is 131 Å². The summed E-state index contributed by atoms with van der Waals surface area (Å²) in [5, 5.41) is 6.82. The van der Waals surface area contributed by atoms with Crippen LogP contribution in [0.5, 0.6) is 0 Å². The van der Waals surface area contributed by atoms with E-state index in [1.165, 1.54) is 19.3 Å². The second-order valence-corrected chi connectivity index (χ2v) is 6.31. The van der Waals surface area contributed by atoms with Crippen molar-refractivity contribution >= 4 is 23.2 Å². The highest BCUT2D eigenvalue weighted by Crippen LogP contribution is 2.34. The normalized spacial score (nSPS) is 17.0. The third kappa shape index (κ3) is 4.01. The third-order valence-corrected chi connectivity index (χ3v) is 4.36. The molecule has 0 radical (unpaired) electrons. The van der Waals surface area contributed by atoms with Gasteiger partial charge in [-0.2, -0.15) is 0 Å². The number of halogens is 1. The van der Waals surface area contributed by atoms with E-state index in [2.05, 4.69) is 24.1 Å². The molecule has 0 atom stereocenters. The molecule has 0 saturated heterocycles. The van der Waals surface area contributed by atoms with Crippen LogP contribution in [0.4, 0.5) is 5.69 Å². The lowest BCUT2D eigenvalue weighted by atomic mass is 9.83. The first-order chi connectivity index (χ1) is 10.1. The van der Waals surface area contributed by atoms with Crippen LogP contribution in [-0.2, 0) is 0 Å². The Balaban J connectivity index is 2.24. The largest absolute Gasteiger partial charge is 0.379 e. The van der Waals surface area contributed by atoms with Crippen molar-refractivity contribution in [2.75, 3.05) is 11.9 Å². The molecule has 2 N–H and O–H groups in total. The molecule has 1 aromatic rings. The van der Waals surface area contributed by atoms with E-state index >= 15 is 0 Å². The highest BCUT2D eigenvalue weighted by molar-refractivity contribution is 6.34. The molecule has 1 fully saturated rings. The van der Waals surface area contributed by atoms with Crippen LogP contribution in [-0.4, -0.2) is 18.0 Å². The summed E-state index contributed by atoms with van der Waals surface area (Å²) in [7, 11) is 0. The Kier molecular flexibility index (Phi) is 5.29. The van der Waals surface area contributed by atoms with Crippen LogP contribution in [0.2, 0.25) is 5.02 Å². The predicted octanol–water partition coefficient (Wildman–Crippen LogP) is 4.39. The summed E-state index contributed by atoms with van der Waals surface area (Å²) in [5.41, 5.74) is 1.37. The van der Waals surface area contributed by atoms with Crippen molar-refractivity contribution in [2.45, 2.75) is 44.6 Å². The second-order valence-electron chi connectivity index (χ2n) is 5.91. The standard InChI is InChI=1S/C17H23ClN2O/c1-3-12-19-16(21)15-13(18)8-7-9-14(15)20-17(2)10-5-4-6-11-17/h3,7-9,20H,1,4-6,10-12H2,2H3,(H,19,21). The SMILES string of the molecule is C=CCNC(=O)c1c(Cl)cccc1NC1(C)CCCCC1. The fraction of sp³-hybridized carbons (Fsp3) is 0.471. The number of anilines is 1. The minimum Gasteiger partial charge on any atom is -0.379 e. The van der Waals surface area contributed by atoms with Gasteiger partial charge in [0.1, 0.15) is 0 Å². The van der Waals surface area contributed by atoms with Crippen LogP contribution in [0.25, 0.3) is 0 Å². The van der Waals surface area contributed by atoms with E-state index in [0.29, 0.717) is 17.1 Å². The maximum Gasteiger partial charge on any atom is 0.255 e. The van der Waals surface area contributed by atoms with Crippen LogP contribution in [0.15, 0.2) is 30.9 Å². The molecule has 1 aliphatic carbocycles. The van der Waals surface area contributed by atoms with E-state index < -0.39 is 0 Å². The molecule has 0 aromatic heterocycles. The van der Waals surface area contributed by atoms with Gasteiger partial charge in [0.05, 0.1) is 10.6 Å². The van der Waals surface area contributed by atoms with E-state index in [9.17, 15) is 4.79 Å². The molecule has 1 aliphatic rings. The Morgan fingerprint density at radius 1 is 1.38 bits per heavy atom. The number of rotatable bonds is 5. The Morgan fingerprint density at radius 3 is 2.76 bits per heavy atom. The molecule has 21 heavy (non-hydrogen) atoms. The number of nitrogens with one attached hydrogen (secondary N) is 2. The number of amides is 1. The maximum absolute atomic E-state index is 12.3. The van der Waals surface area contributed by atoms with Gasteiger partial charge in [-0.3, -0.25) is 4.79 Å². The topological polar surface area (TPSA) is 41.1 Å². The van der Waals surface area contributed by atoms with Gasteiger partial charge in [0.2, 0.25) is 0 Å². The molecule has 1 aromatic carbocycles. The summed E-state index contributed by atoms with van der Waals surface area (Å²) in [6.07, 6.45) is 7.63. The minimum atomic E-state index is -0.164. The Hall–Kier alpha value is -1.48. The molecule has 0 heterocycles. The molecule has 2 rings (SSSR count). The van der Waals surface area contributed by atoms with Crippen LogP contribution in [0.3, 0.4) is 0 Å². The quantitative estimate of drug-likeness (QED) is 0.792. The zero-order valence-corrected chi connectivity index (χ0v) is 13.3. The van der Waals surface area contributed by atoms with E-state index in [0.717, 1.165) is 18.5 Å². The Morgan fingerprint density at radius 2 is 2.10 bits per heavy atom. The van der Waals surface area contributed by atoms with Gasteiger partial charge in [0.15, 0.2) is 0 Å². The van der Waals surface area contributed by atoms with Gasteiger partial charge >= 0.3 is 0 Å². The van der Waals surface area contributed by atoms with E-state index in [1.54, 1.807) is 12.1 Å². The third-order valence-electron chi connectivity index (χ3n) is 4.04. The average molecular weight is 307 g/mol. The summed E-state index contributed by atoms with van der Waals surface area (Å²) >= 11 is 6.24. The summed E-state index contributed by atoms with van der Waals surface area (Å²) in [6, 6.07) is 5.55. The number of carbonyl (C=O) groups is 1. The first-order valence-electron chi connectivity index (χ1n) is 7.51. The van der Waals surface area contributed by atoms with Gasteiger partial charge in [0.25, 0.3) is 5.91 Å². The first kappa shape index (κ1) is 15.9. The van der Waals surface area contributed by atoms with Crippen molar-refractivity contribution in [3.05, 3.63) is 41.4 Å². The van der Waals surface area contributed by atoms with Gasteiger partial charge in [-0.05, 0) is 31.9 Å². The van der Waals surface area contributed by atoms with Gasteiger partial charge in [-0.25, -0.2) is 0 Å². The molecule has 0 aliphatic heterocycles. The van der Waals surface area contributed by atoms with Crippen molar-refractivity contribution < 1.29 is 4.79 Å². The maximum atomic E-state index is 12.3. The zero-order valence-electron chi connectivity index (χ0n) is 12.5. The lowest BCUT2D eigenvalue weighted by Crippen LogP contribution is -2.37. The Bertz CT molecular complexity index is 522. The number of hydrogen-bond donors (Lipinski definition) is 2. The summed E-state index contributed by atoms with van der Waals surface area (Å²) in [5.74, 6) is -0.164. The fourth-order valence-electron chi connectivity index (χ4n) is 2.89. The van der Waals surface area contributed by atoms with Crippen LogP contribution in [0, 0.1) is 0 Å². The van der Waals surface area contributed by atoms with Crippen LogP contribution in [0.1, 0.15) is 49.4 Å². The molecular weight excluding hydrogens is 284 g/mol. The van der Waals surface area contributed by atoms with Crippen molar-refractivity contribution in [3.8, 4) is 0 Å². The molecular formula is C17H23ClN2O. The molecule has 4 heteroatoms. The number of hydrogen-bond acceptors (Lipinski definition) is 2. The second kappa shape index (κ2) is 6.99. The van der Waals surface area contributed by atoms with E-state index in [4.69, 9.17) is 11.6 Å². The van der Waals surface area contributed by atoms with Crippen LogP contribution >= 0.6 is 11.6 Å². The van der Waals surface area contributed by atoms with Crippen molar-refractivity contribution in [2.24, 2.45) is 0 Å². The van der Waals surface area contributed by atoms with E-state index in [-0.39, 0.29) is 11.4 Å². The molecule has 1 saturated carbocycles. The fourth-order valence-corrected chi connectivity index (χ4v) is 3.15. The van der Waals surface area contributed by atoms with Gasteiger partial charge < -0.3 is 10.6 Å². The summed E-state index contributed by atoms with van der Waals surface area (Å²) in [6.45, 7) is 6.26. The highest BCUT2D eigenvalue weighted by Gasteiger charge is 2.28. The highest BCUT2D eigenvalue weighted by atomic mass is 35.5. The molecule has 3 nitrogen and oxygen atoms in total. The van der Waals surface area contributed by atoms with Gasteiger partial charge in [-0.15, -0.1) is 6.58 Å². The molecule has 0 spiro atoms. The average Bonchev–Trinajstić information content (AvgIpc) is 2.45. The summed E-state index contributed by atoms with van der Waals surface area (Å²) in [4.78, 5) is 12.3. The van der Waals surface area contributed by atoms with Gasteiger partial charge in [-0.1, -0.05) is 43.0 Å². The van der Waals surface area contributed by atoms with E-state index in [1.807, 2.05) is 12.1 Å². The number of carbonyl (C=O) groups excluding carboxylic acids is 1. The van der Waals surface area contributed by atoms with Crippen molar-refractivity contribution in [3.63, 3.8) is 0 Å². The van der Waals surface area contributed by atoms with Crippen LogP contribution < -0.4 is 10.6 Å². The number of benzene rings is 1. The van der Waals surface area contributed by atoms with Crippen molar-refractivity contribution in [1.29, 1.82) is 0 Å². The zero-order chi connectivity index (χ0) is 15.3. The van der Waals surface area contributed by atoms with Crippen molar-refractivity contribution in [1.82, 2.24) is 5.32 Å². The lowest BCUT2D eigenvalue weighted by Gasteiger charge is -2.36.